The third-order valence-electron chi connectivity index (χ3n) is 2.84. The summed E-state index contributed by atoms with van der Waals surface area (Å²) in [7, 11) is -3.75. The van der Waals surface area contributed by atoms with Gasteiger partial charge in [0.25, 0.3) is 10.0 Å². The van der Waals surface area contributed by atoms with Crippen LogP contribution in [0.15, 0.2) is 47.4 Å². The molecule has 0 aliphatic rings. The topological polar surface area (TPSA) is 75.6 Å². The normalized spacial score (nSPS) is 11.1. The fourth-order valence-corrected chi connectivity index (χ4v) is 2.88. The lowest BCUT2D eigenvalue weighted by Gasteiger charge is -2.11. The number of aromatic hydroxyl groups is 1. The highest BCUT2D eigenvalue weighted by Crippen LogP contribution is 2.27. The summed E-state index contributed by atoms with van der Waals surface area (Å²) in [5.74, 6) is 0.491. The zero-order chi connectivity index (χ0) is 15.5. The largest absolute Gasteiger partial charge is 0.506 e. The molecule has 0 aliphatic heterocycles. The molecule has 6 heteroatoms. The molecular formula is C15H17NO4S. The Bertz CT molecular complexity index is 724. The van der Waals surface area contributed by atoms with Gasteiger partial charge >= 0.3 is 0 Å². The zero-order valence-corrected chi connectivity index (χ0v) is 12.6. The molecule has 0 heterocycles. The number of phenols is 1. The summed E-state index contributed by atoms with van der Waals surface area (Å²) in [5, 5.41) is 9.71. The molecule has 0 radical (unpaired) electrons. The summed E-state index contributed by atoms with van der Waals surface area (Å²) in [5.41, 5.74) is 1.00. The van der Waals surface area contributed by atoms with Crippen LogP contribution in [-0.2, 0) is 10.0 Å². The second kappa shape index (κ2) is 6.05. The van der Waals surface area contributed by atoms with Crippen molar-refractivity contribution in [1.29, 1.82) is 0 Å². The van der Waals surface area contributed by atoms with Gasteiger partial charge in [-0.25, -0.2) is 8.42 Å². The van der Waals surface area contributed by atoms with Crippen molar-refractivity contribution >= 4 is 15.7 Å². The van der Waals surface area contributed by atoms with Crippen LogP contribution in [0.25, 0.3) is 0 Å². The van der Waals surface area contributed by atoms with E-state index < -0.39 is 10.0 Å². The second-order valence-corrected chi connectivity index (χ2v) is 6.21. The molecule has 2 rings (SSSR count). The van der Waals surface area contributed by atoms with Crippen LogP contribution >= 0.6 is 0 Å². The first-order valence-corrected chi connectivity index (χ1v) is 7.96. The molecule has 112 valence electrons. The minimum atomic E-state index is -3.75. The third kappa shape index (κ3) is 3.66. The molecule has 0 bridgehead atoms. The molecule has 0 saturated carbocycles. The fourth-order valence-electron chi connectivity index (χ4n) is 1.82. The molecule has 2 aromatic carbocycles. The molecule has 0 spiro atoms. The first-order valence-electron chi connectivity index (χ1n) is 6.47. The maximum absolute atomic E-state index is 12.3. The van der Waals surface area contributed by atoms with Gasteiger partial charge in [0.15, 0.2) is 0 Å². The summed E-state index contributed by atoms with van der Waals surface area (Å²) < 4.78 is 32.2. The van der Waals surface area contributed by atoms with Crippen molar-refractivity contribution in [2.24, 2.45) is 0 Å². The second-order valence-electron chi connectivity index (χ2n) is 4.53. The molecular weight excluding hydrogens is 290 g/mol. The highest BCUT2D eigenvalue weighted by atomic mass is 32.2. The van der Waals surface area contributed by atoms with Gasteiger partial charge in [0, 0.05) is 0 Å². The maximum Gasteiger partial charge on any atom is 0.262 e. The Kier molecular flexibility index (Phi) is 4.37. The predicted molar refractivity (Wildman–Crippen MR) is 81.3 cm³/mol. The minimum absolute atomic E-state index is 0.104. The van der Waals surface area contributed by atoms with E-state index in [9.17, 15) is 13.5 Å². The number of rotatable bonds is 5. The van der Waals surface area contributed by atoms with E-state index in [0.717, 1.165) is 5.56 Å². The Morgan fingerprint density at radius 3 is 2.43 bits per heavy atom. The number of ether oxygens (including phenoxy) is 1. The molecule has 0 fully saturated rings. The van der Waals surface area contributed by atoms with E-state index >= 15 is 0 Å². The molecule has 0 saturated heterocycles. The smallest absolute Gasteiger partial charge is 0.262 e. The molecule has 0 aliphatic carbocycles. The van der Waals surface area contributed by atoms with Crippen molar-refractivity contribution in [1.82, 2.24) is 0 Å². The van der Waals surface area contributed by atoms with Gasteiger partial charge in [-0.2, -0.15) is 0 Å². The van der Waals surface area contributed by atoms with Gasteiger partial charge in [-0.15, -0.1) is 0 Å². The van der Waals surface area contributed by atoms with Crippen molar-refractivity contribution in [2.45, 2.75) is 18.7 Å². The number of hydrogen-bond donors (Lipinski definition) is 2. The van der Waals surface area contributed by atoms with Gasteiger partial charge in [0.1, 0.15) is 11.5 Å². The Morgan fingerprint density at radius 1 is 1.14 bits per heavy atom. The predicted octanol–water partition coefficient (Wildman–Crippen LogP) is 2.90. The highest BCUT2D eigenvalue weighted by Gasteiger charge is 2.16. The summed E-state index contributed by atoms with van der Waals surface area (Å²) in [6.07, 6.45) is 0. The SMILES string of the molecule is CCOc1ccc(S(=O)(=O)Nc2cc(C)ccc2O)cc1. The van der Waals surface area contributed by atoms with Gasteiger partial charge in [-0.1, -0.05) is 6.07 Å². The van der Waals surface area contributed by atoms with Crippen molar-refractivity contribution in [3.05, 3.63) is 48.0 Å². The van der Waals surface area contributed by atoms with E-state index in [1.54, 1.807) is 24.3 Å². The summed E-state index contributed by atoms with van der Waals surface area (Å²) in [6.45, 7) is 4.18. The molecule has 2 aromatic rings. The molecule has 21 heavy (non-hydrogen) atoms. The Balaban J connectivity index is 2.27. The number of nitrogens with one attached hydrogen (secondary N) is 1. The van der Waals surface area contributed by atoms with E-state index in [0.29, 0.717) is 12.4 Å². The molecule has 2 N–H and O–H groups in total. The van der Waals surface area contributed by atoms with Crippen LogP contribution in [0, 0.1) is 6.92 Å². The fraction of sp³-hybridized carbons (Fsp3) is 0.200. The van der Waals surface area contributed by atoms with Crippen LogP contribution in [0.2, 0.25) is 0 Å². The van der Waals surface area contributed by atoms with E-state index in [1.807, 2.05) is 13.8 Å². The van der Waals surface area contributed by atoms with Crippen molar-refractivity contribution in [2.75, 3.05) is 11.3 Å². The van der Waals surface area contributed by atoms with Crippen LogP contribution in [0.1, 0.15) is 12.5 Å². The molecule has 0 amide bonds. The first kappa shape index (κ1) is 15.2. The Hall–Kier alpha value is -2.21. The summed E-state index contributed by atoms with van der Waals surface area (Å²) >= 11 is 0. The number of phenolic OH excluding ortho intramolecular Hbond substituents is 1. The van der Waals surface area contributed by atoms with E-state index in [-0.39, 0.29) is 16.3 Å². The average molecular weight is 307 g/mol. The average Bonchev–Trinajstić information content (AvgIpc) is 2.44. The quantitative estimate of drug-likeness (QED) is 0.833. The van der Waals surface area contributed by atoms with Gasteiger partial charge in [0.05, 0.1) is 17.2 Å². The lowest BCUT2D eigenvalue weighted by molar-refractivity contribution is 0.340. The lowest BCUT2D eigenvalue weighted by Crippen LogP contribution is -2.13. The van der Waals surface area contributed by atoms with E-state index in [1.165, 1.54) is 18.2 Å². The first-order chi connectivity index (χ1) is 9.92. The standard InChI is InChI=1S/C15H17NO4S/c1-3-20-12-5-7-13(8-6-12)21(18,19)16-14-10-11(2)4-9-15(14)17/h4-10,16-17H,3H2,1-2H3. The van der Waals surface area contributed by atoms with Crippen molar-refractivity contribution in [3.63, 3.8) is 0 Å². The lowest BCUT2D eigenvalue weighted by atomic mass is 10.2. The van der Waals surface area contributed by atoms with E-state index in [4.69, 9.17) is 4.74 Å². The molecule has 5 nitrogen and oxygen atoms in total. The van der Waals surface area contributed by atoms with Gasteiger partial charge in [-0.3, -0.25) is 4.72 Å². The van der Waals surface area contributed by atoms with Crippen LogP contribution in [0.4, 0.5) is 5.69 Å². The van der Waals surface area contributed by atoms with Crippen molar-refractivity contribution in [3.8, 4) is 11.5 Å². The highest BCUT2D eigenvalue weighted by molar-refractivity contribution is 7.92. The number of hydrogen-bond acceptors (Lipinski definition) is 4. The number of aryl methyl sites for hydroxylation is 1. The van der Waals surface area contributed by atoms with Crippen LogP contribution in [-0.4, -0.2) is 20.1 Å². The molecule has 0 aromatic heterocycles. The van der Waals surface area contributed by atoms with Gasteiger partial charge in [0.2, 0.25) is 0 Å². The third-order valence-corrected chi connectivity index (χ3v) is 4.22. The number of sulfonamides is 1. The molecule has 0 unspecified atom stereocenters. The Labute approximate surface area is 124 Å². The monoisotopic (exact) mass is 307 g/mol. The van der Waals surface area contributed by atoms with Crippen LogP contribution in [0.5, 0.6) is 11.5 Å². The van der Waals surface area contributed by atoms with Gasteiger partial charge < -0.3 is 9.84 Å². The zero-order valence-electron chi connectivity index (χ0n) is 11.8. The number of anilines is 1. The van der Waals surface area contributed by atoms with Crippen molar-refractivity contribution < 1.29 is 18.3 Å². The van der Waals surface area contributed by atoms with E-state index in [2.05, 4.69) is 4.72 Å². The minimum Gasteiger partial charge on any atom is -0.506 e. The maximum atomic E-state index is 12.3. The summed E-state index contributed by atoms with van der Waals surface area (Å²) in [6, 6.07) is 10.8. The summed E-state index contributed by atoms with van der Waals surface area (Å²) in [4.78, 5) is 0.104. The molecule has 0 atom stereocenters. The van der Waals surface area contributed by atoms with Crippen LogP contribution in [0.3, 0.4) is 0 Å². The number of benzene rings is 2. The Morgan fingerprint density at radius 2 is 1.81 bits per heavy atom. The van der Waals surface area contributed by atoms with Gasteiger partial charge in [-0.05, 0) is 55.8 Å². The van der Waals surface area contributed by atoms with Crippen LogP contribution < -0.4 is 9.46 Å².